The quantitative estimate of drug-likeness (QED) is 0.437. The average Bonchev–Trinajstić information content (AvgIpc) is 3.12. The van der Waals surface area contributed by atoms with Crippen LogP contribution in [0.5, 0.6) is 11.5 Å². The molecule has 0 radical (unpaired) electrons. The van der Waals surface area contributed by atoms with Crippen LogP contribution in [0.3, 0.4) is 0 Å². The summed E-state index contributed by atoms with van der Waals surface area (Å²) in [5, 5.41) is 12.1. The second kappa shape index (κ2) is 12.3. The first-order valence-corrected chi connectivity index (χ1v) is 12.3. The predicted octanol–water partition coefficient (Wildman–Crippen LogP) is 5.10. The highest BCUT2D eigenvalue weighted by atomic mass is 16.5. The second-order valence-electron chi connectivity index (χ2n) is 9.27. The molecule has 0 bridgehead atoms. The van der Waals surface area contributed by atoms with Crippen LogP contribution in [0.2, 0.25) is 0 Å². The number of likely N-dealkylation sites (N-methyl/N-ethyl adjacent to an activating group) is 1. The Labute approximate surface area is 212 Å². The molecule has 0 saturated carbocycles. The van der Waals surface area contributed by atoms with Crippen LogP contribution in [0, 0.1) is 0 Å². The van der Waals surface area contributed by atoms with Gasteiger partial charge in [-0.3, -0.25) is 14.6 Å². The first-order valence-electron chi connectivity index (χ1n) is 12.3. The SMILES string of the molecule is CN(CC(=O)Nc1ccc(Oc2ccccc2)cc1)C1CCCN(Cc2ccc(C(=O)O)cc2)CC1. The van der Waals surface area contributed by atoms with Gasteiger partial charge in [0.2, 0.25) is 5.91 Å². The van der Waals surface area contributed by atoms with Gasteiger partial charge in [0.1, 0.15) is 11.5 Å². The fourth-order valence-corrected chi connectivity index (χ4v) is 4.54. The van der Waals surface area contributed by atoms with E-state index >= 15 is 0 Å². The second-order valence-corrected chi connectivity index (χ2v) is 9.27. The Morgan fingerprint density at radius 3 is 2.33 bits per heavy atom. The van der Waals surface area contributed by atoms with Crippen molar-refractivity contribution < 1.29 is 19.4 Å². The highest BCUT2D eigenvalue weighted by Gasteiger charge is 2.22. The molecule has 1 aliphatic rings. The topological polar surface area (TPSA) is 82.1 Å². The van der Waals surface area contributed by atoms with Crippen molar-refractivity contribution in [3.8, 4) is 11.5 Å². The van der Waals surface area contributed by atoms with Crippen molar-refractivity contribution >= 4 is 17.6 Å². The molecule has 3 aromatic carbocycles. The molecule has 2 N–H and O–H groups in total. The van der Waals surface area contributed by atoms with Gasteiger partial charge < -0.3 is 15.2 Å². The zero-order valence-corrected chi connectivity index (χ0v) is 20.6. The van der Waals surface area contributed by atoms with Crippen LogP contribution >= 0.6 is 0 Å². The lowest BCUT2D eigenvalue weighted by Gasteiger charge is -2.26. The lowest BCUT2D eigenvalue weighted by molar-refractivity contribution is -0.117. The predicted molar refractivity (Wildman–Crippen MR) is 141 cm³/mol. The minimum absolute atomic E-state index is 0.0335. The van der Waals surface area contributed by atoms with Gasteiger partial charge in [0.15, 0.2) is 0 Å². The van der Waals surface area contributed by atoms with Gasteiger partial charge in [-0.05, 0) is 93.5 Å². The molecule has 1 fully saturated rings. The first-order chi connectivity index (χ1) is 17.5. The maximum absolute atomic E-state index is 12.7. The Morgan fingerprint density at radius 2 is 1.64 bits per heavy atom. The largest absolute Gasteiger partial charge is 0.478 e. The number of hydrogen-bond acceptors (Lipinski definition) is 5. The van der Waals surface area contributed by atoms with Crippen LogP contribution in [0.4, 0.5) is 5.69 Å². The van der Waals surface area contributed by atoms with E-state index in [4.69, 9.17) is 9.84 Å². The fourth-order valence-electron chi connectivity index (χ4n) is 4.54. The molecular formula is C29H33N3O4. The minimum Gasteiger partial charge on any atom is -0.478 e. The molecule has 1 heterocycles. The van der Waals surface area contributed by atoms with E-state index in [1.807, 2.05) is 73.8 Å². The van der Waals surface area contributed by atoms with Crippen LogP contribution in [-0.2, 0) is 11.3 Å². The van der Waals surface area contributed by atoms with Gasteiger partial charge in [-0.1, -0.05) is 30.3 Å². The Bertz CT molecular complexity index is 1130. The Kier molecular flexibility index (Phi) is 8.71. The van der Waals surface area contributed by atoms with Gasteiger partial charge in [0.25, 0.3) is 0 Å². The van der Waals surface area contributed by atoms with Crippen LogP contribution in [0.15, 0.2) is 78.9 Å². The number of rotatable bonds is 9. The third kappa shape index (κ3) is 7.41. The number of nitrogens with one attached hydrogen (secondary N) is 1. The van der Waals surface area contributed by atoms with Crippen molar-refractivity contribution in [1.82, 2.24) is 9.80 Å². The lowest BCUT2D eigenvalue weighted by atomic mass is 10.1. The normalized spacial score (nSPS) is 16.3. The Hall–Kier alpha value is -3.68. The van der Waals surface area contributed by atoms with E-state index in [1.165, 1.54) is 0 Å². The highest BCUT2D eigenvalue weighted by Crippen LogP contribution is 2.23. The van der Waals surface area contributed by atoms with Gasteiger partial charge in [-0.15, -0.1) is 0 Å². The average molecular weight is 488 g/mol. The van der Waals surface area contributed by atoms with Crippen molar-refractivity contribution in [3.63, 3.8) is 0 Å². The number of carbonyl (C=O) groups excluding carboxylic acids is 1. The zero-order valence-electron chi connectivity index (χ0n) is 20.6. The summed E-state index contributed by atoms with van der Waals surface area (Å²) in [4.78, 5) is 28.3. The van der Waals surface area contributed by atoms with E-state index in [0.29, 0.717) is 18.2 Å². The molecule has 0 spiro atoms. The molecule has 188 valence electrons. The maximum atomic E-state index is 12.7. The number of anilines is 1. The summed E-state index contributed by atoms with van der Waals surface area (Å²) in [6.07, 6.45) is 3.10. The van der Waals surface area contributed by atoms with E-state index in [0.717, 1.165) is 61.6 Å². The number of amides is 1. The molecule has 1 amide bonds. The van der Waals surface area contributed by atoms with Gasteiger partial charge in [0.05, 0.1) is 12.1 Å². The number of carboxylic acid groups (broad SMARTS) is 1. The molecule has 4 rings (SSSR count). The van der Waals surface area contributed by atoms with Crippen LogP contribution in [0.1, 0.15) is 35.2 Å². The Morgan fingerprint density at radius 1 is 0.944 bits per heavy atom. The van der Waals surface area contributed by atoms with E-state index in [1.54, 1.807) is 12.1 Å². The fraction of sp³-hybridized carbons (Fsp3) is 0.310. The number of para-hydroxylation sites is 1. The third-order valence-electron chi connectivity index (χ3n) is 6.53. The molecule has 36 heavy (non-hydrogen) atoms. The number of aromatic carboxylic acids is 1. The highest BCUT2D eigenvalue weighted by molar-refractivity contribution is 5.92. The molecule has 1 unspecified atom stereocenters. The minimum atomic E-state index is -0.902. The van der Waals surface area contributed by atoms with E-state index in [2.05, 4.69) is 15.1 Å². The van der Waals surface area contributed by atoms with Gasteiger partial charge in [-0.2, -0.15) is 0 Å². The molecule has 3 aromatic rings. The van der Waals surface area contributed by atoms with Crippen molar-refractivity contribution in [2.24, 2.45) is 0 Å². The van der Waals surface area contributed by atoms with Crippen molar-refractivity contribution in [2.45, 2.75) is 31.8 Å². The standard InChI is InChI=1S/C29H33N3O4/c1-31(21-28(33)30-24-13-15-27(16-14-24)36-26-7-3-2-4-8-26)25-6-5-18-32(19-17-25)20-22-9-11-23(12-10-22)29(34)35/h2-4,7-16,25H,5-6,17-21H2,1H3,(H,30,33)(H,34,35). The number of ether oxygens (including phenoxy) is 1. The molecule has 1 saturated heterocycles. The monoisotopic (exact) mass is 487 g/mol. The molecule has 0 aliphatic carbocycles. The first kappa shape index (κ1) is 25.4. The third-order valence-corrected chi connectivity index (χ3v) is 6.53. The summed E-state index contributed by atoms with van der Waals surface area (Å²) in [7, 11) is 2.02. The number of nitrogens with zero attached hydrogens (tertiary/aromatic N) is 2. The molecule has 1 aliphatic heterocycles. The number of carbonyl (C=O) groups is 2. The summed E-state index contributed by atoms with van der Waals surface area (Å²) >= 11 is 0. The van der Waals surface area contributed by atoms with Crippen molar-refractivity contribution in [2.75, 3.05) is 32.0 Å². The summed E-state index contributed by atoms with van der Waals surface area (Å²) in [6, 6.07) is 24.4. The Balaban J connectivity index is 1.22. The number of likely N-dealkylation sites (tertiary alicyclic amines) is 1. The van der Waals surface area contributed by atoms with Crippen molar-refractivity contribution in [1.29, 1.82) is 0 Å². The maximum Gasteiger partial charge on any atom is 0.335 e. The lowest BCUT2D eigenvalue weighted by Crippen LogP contribution is -2.38. The molecular weight excluding hydrogens is 454 g/mol. The van der Waals surface area contributed by atoms with Crippen LogP contribution < -0.4 is 10.1 Å². The summed E-state index contributed by atoms with van der Waals surface area (Å²) in [5.41, 5.74) is 2.17. The molecule has 7 nitrogen and oxygen atoms in total. The van der Waals surface area contributed by atoms with E-state index in [9.17, 15) is 9.59 Å². The van der Waals surface area contributed by atoms with Crippen molar-refractivity contribution in [3.05, 3.63) is 90.0 Å². The van der Waals surface area contributed by atoms with Gasteiger partial charge >= 0.3 is 5.97 Å². The molecule has 0 aromatic heterocycles. The van der Waals surface area contributed by atoms with Gasteiger partial charge in [-0.25, -0.2) is 4.79 Å². The zero-order chi connectivity index (χ0) is 25.3. The van der Waals surface area contributed by atoms with Gasteiger partial charge in [0, 0.05) is 18.3 Å². The number of carboxylic acids is 1. The van der Waals surface area contributed by atoms with Crippen LogP contribution in [0.25, 0.3) is 0 Å². The summed E-state index contributed by atoms with van der Waals surface area (Å²) in [5.74, 6) is 0.556. The molecule has 7 heteroatoms. The van der Waals surface area contributed by atoms with E-state index in [-0.39, 0.29) is 5.91 Å². The summed E-state index contributed by atoms with van der Waals surface area (Å²) in [6.45, 7) is 3.08. The summed E-state index contributed by atoms with van der Waals surface area (Å²) < 4.78 is 5.81. The van der Waals surface area contributed by atoms with Crippen LogP contribution in [-0.4, -0.2) is 59.5 Å². The smallest absolute Gasteiger partial charge is 0.335 e. The van der Waals surface area contributed by atoms with E-state index < -0.39 is 5.97 Å². The number of hydrogen-bond donors (Lipinski definition) is 2. The number of benzene rings is 3. The molecule has 1 atom stereocenters.